The molecule has 3 aliphatic heterocycles. The van der Waals surface area contributed by atoms with Gasteiger partial charge in [-0.2, -0.15) is 5.10 Å². The molecule has 0 aromatic carbocycles. The summed E-state index contributed by atoms with van der Waals surface area (Å²) in [6.45, 7) is 5.03. The van der Waals surface area contributed by atoms with E-state index >= 15 is 0 Å². The van der Waals surface area contributed by atoms with Gasteiger partial charge in [-0.15, -0.1) is 0 Å². The summed E-state index contributed by atoms with van der Waals surface area (Å²) in [5, 5.41) is 4.18. The molecule has 136 valence electrons. The molecular formula is C17H25N5O3. The number of hydrogen-bond acceptors (Lipinski definition) is 5. The van der Waals surface area contributed by atoms with Crippen LogP contribution in [0, 0.1) is 11.8 Å². The maximum atomic E-state index is 12.7. The Morgan fingerprint density at radius 3 is 2.88 bits per heavy atom. The Morgan fingerprint density at radius 2 is 2.20 bits per heavy atom. The van der Waals surface area contributed by atoms with Crippen LogP contribution in [0.15, 0.2) is 12.7 Å². The van der Waals surface area contributed by atoms with Crippen molar-refractivity contribution < 1.29 is 14.3 Å². The van der Waals surface area contributed by atoms with Crippen LogP contribution in [-0.4, -0.2) is 74.8 Å². The molecule has 2 amide bonds. The number of rotatable bonds is 3. The Balaban J connectivity index is 1.45. The van der Waals surface area contributed by atoms with E-state index in [0.717, 1.165) is 32.4 Å². The van der Waals surface area contributed by atoms with Crippen molar-refractivity contribution in [3.05, 3.63) is 12.7 Å². The summed E-state index contributed by atoms with van der Waals surface area (Å²) >= 11 is 0. The van der Waals surface area contributed by atoms with E-state index in [2.05, 4.69) is 10.1 Å². The molecule has 1 aromatic heterocycles. The van der Waals surface area contributed by atoms with Crippen molar-refractivity contribution in [3.8, 4) is 0 Å². The lowest BCUT2D eigenvalue weighted by atomic mass is 9.91. The molecule has 1 unspecified atom stereocenters. The first-order valence-corrected chi connectivity index (χ1v) is 9.11. The summed E-state index contributed by atoms with van der Waals surface area (Å²) in [5.74, 6) is 0.705. The summed E-state index contributed by atoms with van der Waals surface area (Å²) in [6.07, 6.45) is 5.81. The lowest BCUT2D eigenvalue weighted by molar-refractivity contribution is -0.139. The van der Waals surface area contributed by atoms with E-state index < -0.39 is 0 Å². The van der Waals surface area contributed by atoms with Gasteiger partial charge in [0, 0.05) is 32.7 Å². The highest BCUT2D eigenvalue weighted by Gasteiger charge is 2.46. The van der Waals surface area contributed by atoms with Crippen molar-refractivity contribution >= 4 is 11.8 Å². The molecule has 0 aliphatic carbocycles. The molecule has 8 heteroatoms. The zero-order valence-corrected chi connectivity index (χ0v) is 14.6. The molecule has 1 aromatic rings. The zero-order valence-electron chi connectivity index (χ0n) is 14.6. The number of carbonyl (C=O) groups is 2. The second-order valence-corrected chi connectivity index (χ2v) is 7.39. The molecule has 4 atom stereocenters. The van der Waals surface area contributed by atoms with E-state index in [9.17, 15) is 9.59 Å². The van der Waals surface area contributed by atoms with Gasteiger partial charge in [-0.1, -0.05) is 0 Å². The fourth-order valence-corrected chi connectivity index (χ4v) is 4.74. The van der Waals surface area contributed by atoms with Crippen LogP contribution in [0.3, 0.4) is 0 Å². The van der Waals surface area contributed by atoms with Crippen molar-refractivity contribution in [2.75, 3.05) is 26.3 Å². The molecule has 0 radical (unpaired) electrons. The molecule has 3 fully saturated rings. The minimum Gasteiger partial charge on any atom is -0.381 e. The number of carbonyl (C=O) groups excluding carboxylic acids is 2. The summed E-state index contributed by atoms with van der Waals surface area (Å²) in [5.41, 5.74) is 0. The number of ether oxygens (including phenoxy) is 1. The smallest absolute Gasteiger partial charge is 0.228 e. The number of aromatic nitrogens is 3. The van der Waals surface area contributed by atoms with Gasteiger partial charge in [0.25, 0.3) is 0 Å². The number of likely N-dealkylation sites (tertiary alicyclic amines) is 2. The van der Waals surface area contributed by atoms with Crippen molar-refractivity contribution in [2.45, 2.75) is 44.8 Å². The van der Waals surface area contributed by atoms with Gasteiger partial charge in [0.1, 0.15) is 12.7 Å². The van der Waals surface area contributed by atoms with Gasteiger partial charge in [0.05, 0.1) is 25.1 Å². The second-order valence-electron chi connectivity index (χ2n) is 7.39. The van der Waals surface area contributed by atoms with Crippen LogP contribution < -0.4 is 0 Å². The van der Waals surface area contributed by atoms with E-state index in [1.807, 2.05) is 9.80 Å². The third kappa shape index (κ3) is 3.15. The normalized spacial score (nSPS) is 32.0. The first-order valence-electron chi connectivity index (χ1n) is 9.11. The van der Waals surface area contributed by atoms with Gasteiger partial charge in [0.2, 0.25) is 11.8 Å². The summed E-state index contributed by atoms with van der Waals surface area (Å²) in [7, 11) is 0. The van der Waals surface area contributed by atoms with Crippen molar-refractivity contribution in [2.24, 2.45) is 11.8 Å². The van der Waals surface area contributed by atoms with Crippen LogP contribution in [0.1, 0.15) is 26.2 Å². The van der Waals surface area contributed by atoms with Gasteiger partial charge in [0.15, 0.2) is 0 Å². The largest absolute Gasteiger partial charge is 0.381 e. The van der Waals surface area contributed by atoms with Crippen LogP contribution in [-0.2, 0) is 20.9 Å². The van der Waals surface area contributed by atoms with Gasteiger partial charge in [-0.3, -0.25) is 14.3 Å². The second kappa shape index (κ2) is 6.74. The predicted octanol–water partition coefficient (Wildman–Crippen LogP) is 0.153. The summed E-state index contributed by atoms with van der Waals surface area (Å²) < 4.78 is 7.15. The SMILES string of the molecule is CC(=O)N1[C@@H](Cn2cncn2)C[C@H]2CN(C(=O)C3CCOC3)CC[C@H]21. The Labute approximate surface area is 147 Å². The average Bonchev–Trinajstić information content (AvgIpc) is 3.34. The van der Waals surface area contributed by atoms with E-state index in [1.54, 1.807) is 17.9 Å². The monoisotopic (exact) mass is 347 g/mol. The first-order chi connectivity index (χ1) is 12.1. The molecular weight excluding hydrogens is 322 g/mol. The van der Waals surface area contributed by atoms with Crippen molar-refractivity contribution in [1.82, 2.24) is 24.6 Å². The highest BCUT2D eigenvalue weighted by Crippen LogP contribution is 2.37. The van der Waals surface area contributed by atoms with Crippen LogP contribution >= 0.6 is 0 Å². The molecule has 0 N–H and O–H groups in total. The predicted molar refractivity (Wildman–Crippen MR) is 88.3 cm³/mol. The van der Waals surface area contributed by atoms with E-state index in [1.165, 1.54) is 6.33 Å². The van der Waals surface area contributed by atoms with Crippen LogP contribution in [0.4, 0.5) is 0 Å². The molecule has 0 saturated carbocycles. The van der Waals surface area contributed by atoms with Crippen molar-refractivity contribution in [3.63, 3.8) is 0 Å². The Hall–Kier alpha value is -1.96. The lowest BCUT2D eigenvalue weighted by Crippen LogP contribution is -2.51. The maximum Gasteiger partial charge on any atom is 0.228 e. The molecule has 8 nitrogen and oxygen atoms in total. The highest BCUT2D eigenvalue weighted by atomic mass is 16.5. The fraction of sp³-hybridized carbons (Fsp3) is 0.765. The topological polar surface area (TPSA) is 80.6 Å². The van der Waals surface area contributed by atoms with Crippen LogP contribution in [0.25, 0.3) is 0 Å². The number of piperidine rings is 1. The Morgan fingerprint density at radius 1 is 1.32 bits per heavy atom. The summed E-state index contributed by atoms with van der Waals surface area (Å²) in [6, 6.07) is 0.356. The maximum absolute atomic E-state index is 12.7. The number of fused-ring (bicyclic) bond motifs is 1. The van der Waals surface area contributed by atoms with Gasteiger partial charge < -0.3 is 14.5 Å². The average molecular weight is 347 g/mol. The van der Waals surface area contributed by atoms with Crippen LogP contribution in [0.5, 0.6) is 0 Å². The van der Waals surface area contributed by atoms with Crippen molar-refractivity contribution in [1.29, 1.82) is 0 Å². The first kappa shape index (κ1) is 16.5. The standard InChI is InChI=1S/C17H25N5O3/c1-12(23)22-15(8-21-11-18-10-19-21)6-14-7-20(4-2-16(14)22)17(24)13-3-5-25-9-13/h10-11,13-16H,2-9H2,1H3/t13?,14-,15+,16+/m0/s1. The summed E-state index contributed by atoms with van der Waals surface area (Å²) in [4.78, 5) is 32.9. The van der Waals surface area contributed by atoms with Crippen LogP contribution in [0.2, 0.25) is 0 Å². The van der Waals surface area contributed by atoms with Gasteiger partial charge >= 0.3 is 0 Å². The minimum absolute atomic E-state index is 0.0211. The Kier molecular flexibility index (Phi) is 4.45. The highest BCUT2D eigenvalue weighted by molar-refractivity contribution is 5.79. The molecule has 3 aliphatic rings. The molecule has 25 heavy (non-hydrogen) atoms. The third-order valence-electron chi connectivity index (χ3n) is 5.84. The third-order valence-corrected chi connectivity index (χ3v) is 5.84. The quantitative estimate of drug-likeness (QED) is 0.778. The van der Waals surface area contributed by atoms with E-state index in [-0.39, 0.29) is 29.8 Å². The van der Waals surface area contributed by atoms with Gasteiger partial charge in [-0.05, 0) is 25.2 Å². The van der Waals surface area contributed by atoms with E-state index in [4.69, 9.17) is 4.74 Å². The zero-order chi connectivity index (χ0) is 17.4. The Bertz CT molecular complexity index is 628. The number of hydrogen-bond donors (Lipinski definition) is 0. The number of amides is 2. The molecule has 4 heterocycles. The minimum atomic E-state index is 0.0211. The molecule has 4 rings (SSSR count). The lowest BCUT2D eigenvalue weighted by Gasteiger charge is -2.39. The number of nitrogens with zero attached hydrogens (tertiary/aromatic N) is 5. The molecule has 3 saturated heterocycles. The van der Waals surface area contributed by atoms with Gasteiger partial charge in [-0.25, -0.2) is 4.98 Å². The fourth-order valence-electron chi connectivity index (χ4n) is 4.74. The molecule has 0 spiro atoms. The molecule has 0 bridgehead atoms. The van der Waals surface area contributed by atoms with E-state index in [0.29, 0.717) is 25.7 Å².